The van der Waals surface area contributed by atoms with Crippen LogP contribution in [0.15, 0.2) is 48.2 Å². The molecule has 1 saturated heterocycles. The molecule has 0 atom stereocenters. The molecule has 2 aromatic carbocycles. The van der Waals surface area contributed by atoms with Crippen molar-refractivity contribution in [2.75, 3.05) is 43.5 Å². The van der Waals surface area contributed by atoms with Gasteiger partial charge in [-0.2, -0.15) is 5.26 Å². The zero-order chi connectivity index (χ0) is 21.7. The summed E-state index contributed by atoms with van der Waals surface area (Å²) in [7, 11) is 1.52. The average Bonchev–Trinajstić information content (AvgIpc) is 2.74. The van der Waals surface area contributed by atoms with Crippen LogP contribution in [0.3, 0.4) is 0 Å². The molecule has 156 valence electrons. The molecule has 0 unspecified atom stereocenters. The molecule has 6 nitrogen and oxygen atoms in total. The number of rotatable bonds is 5. The van der Waals surface area contributed by atoms with Gasteiger partial charge in [0.1, 0.15) is 17.4 Å². The summed E-state index contributed by atoms with van der Waals surface area (Å²) >= 11 is 6.10. The summed E-state index contributed by atoms with van der Waals surface area (Å²) in [5.41, 5.74) is 4.37. The summed E-state index contributed by atoms with van der Waals surface area (Å²) in [4.78, 5) is 16.9. The van der Waals surface area contributed by atoms with Crippen LogP contribution in [0.5, 0.6) is 5.75 Å². The lowest BCUT2D eigenvalue weighted by Gasteiger charge is -2.36. The van der Waals surface area contributed by atoms with Crippen molar-refractivity contribution >= 4 is 28.9 Å². The lowest BCUT2D eigenvalue weighted by atomic mass is 10.1. The number of aryl methyl sites for hydroxylation is 1. The van der Waals surface area contributed by atoms with Gasteiger partial charge in [0, 0.05) is 43.8 Å². The van der Waals surface area contributed by atoms with Gasteiger partial charge < -0.3 is 19.9 Å². The number of anilines is 2. The van der Waals surface area contributed by atoms with Gasteiger partial charge in [-0.3, -0.25) is 4.79 Å². The number of nitrogens with one attached hydrogen (secondary N) is 1. The molecule has 0 saturated carbocycles. The summed E-state index contributed by atoms with van der Waals surface area (Å²) in [5, 5.41) is 12.6. The number of ether oxygens (including phenoxy) is 1. The molecule has 30 heavy (non-hydrogen) atoms. The first-order chi connectivity index (χ1) is 14.4. The molecular weight excluding hydrogens is 400 g/mol. The first-order valence-corrected chi connectivity index (χ1v) is 10.1. The summed E-state index contributed by atoms with van der Waals surface area (Å²) < 4.78 is 5.11. The number of carbonyl (C=O) groups excluding carboxylic acids is 1. The highest BCUT2D eigenvalue weighted by molar-refractivity contribution is 6.32. The minimum absolute atomic E-state index is 0.0575. The lowest BCUT2D eigenvalue weighted by molar-refractivity contribution is -0.112. The topological polar surface area (TPSA) is 68.6 Å². The molecule has 1 aliphatic heterocycles. The first-order valence-electron chi connectivity index (χ1n) is 9.75. The Bertz CT molecular complexity index is 1000. The summed E-state index contributed by atoms with van der Waals surface area (Å²) in [6.45, 7) is 7.39. The number of nitriles is 1. The fourth-order valence-corrected chi connectivity index (χ4v) is 3.69. The van der Waals surface area contributed by atoms with Gasteiger partial charge in [0.2, 0.25) is 0 Å². The minimum Gasteiger partial charge on any atom is -0.495 e. The number of piperazine rings is 1. The maximum absolute atomic E-state index is 12.5. The van der Waals surface area contributed by atoms with E-state index in [0.717, 1.165) is 26.2 Å². The van der Waals surface area contributed by atoms with Gasteiger partial charge in [0.15, 0.2) is 0 Å². The van der Waals surface area contributed by atoms with Crippen molar-refractivity contribution in [2.24, 2.45) is 0 Å². The number of methoxy groups -OCH3 is 1. The summed E-state index contributed by atoms with van der Waals surface area (Å²) in [6.07, 6.45) is 1.64. The predicted octanol–water partition coefficient (Wildman–Crippen LogP) is 4.13. The Labute approximate surface area is 182 Å². The Morgan fingerprint density at radius 2 is 1.93 bits per heavy atom. The van der Waals surface area contributed by atoms with Crippen molar-refractivity contribution in [3.8, 4) is 11.8 Å². The quantitative estimate of drug-likeness (QED) is 0.577. The molecule has 0 aromatic heterocycles. The highest BCUT2D eigenvalue weighted by Crippen LogP contribution is 2.27. The fraction of sp³-hybridized carbons (Fsp3) is 0.304. The number of benzene rings is 2. The van der Waals surface area contributed by atoms with Gasteiger partial charge >= 0.3 is 0 Å². The zero-order valence-corrected chi connectivity index (χ0v) is 18.2. The molecule has 1 heterocycles. The van der Waals surface area contributed by atoms with E-state index in [-0.39, 0.29) is 5.57 Å². The van der Waals surface area contributed by atoms with Gasteiger partial charge in [0.05, 0.1) is 12.1 Å². The minimum atomic E-state index is -0.462. The molecule has 1 fully saturated rings. The standard InChI is InChI=1S/C23H25ClN4O2/c1-16-5-4-6-21(17(16)2)28-11-9-27(10-12-28)15-18(14-25)23(29)26-19-7-8-22(30-3)20(24)13-19/h4-8,13,15H,9-12H2,1-3H3,(H,26,29)/b18-15-. The van der Waals surface area contributed by atoms with E-state index in [9.17, 15) is 10.1 Å². The maximum atomic E-state index is 12.5. The number of nitrogens with zero attached hydrogens (tertiary/aromatic N) is 3. The Kier molecular flexibility index (Phi) is 6.86. The van der Waals surface area contributed by atoms with Gasteiger partial charge in [-0.15, -0.1) is 0 Å². The van der Waals surface area contributed by atoms with Crippen LogP contribution in [0.1, 0.15) is 11.1 Å². The van der Waals surface area contributed by atoms with Gasteiger partial charge in [-0.1, -0.05) is 23.7 Å². The van der Waals surface area contributed by atoms with Crippen LogP contribution in [0, 0.1) is 25.2 Å². The van der Waals surface area contributed by atoms with Crippen LogP contribution >= 0.6 is 11.6 Å². The van der Waals surface area contributed by atoms with E-state index in [1.165, 1.54) is 23.9 Å². The molecule has 2 aromatic rings. The summed E-state index contributed by atoms with van der Waals surface area (Å²) in [6, 6.07) is 13.3. The largest absolute Gasteiger partial charge is 0.495 e. The highest BCUT2D eigenvalue weighted by atomic mass is 35.5. The van der Waals surface area contributed by atoms with Crippen molar-refractivity contribution < 1.29 is 9.53 Å². The third-order valence-electron chi connectivity index (χ3n) is 5.32. The monoisotopic (exact) mass is 424 g/mol. The Morgan fingerprint density at radius 1 is 1.20 bits per heavy atom. The lowest BCUT2D eigenvalue weighted by Crippen LogP contribution is -2.44. The van der Waals surface area contributed by atoms with E-state index in [1.807, 2.05) is 11.0 Å². The van der Waals surface area contributed by atoms with E-state index in [2.05, 4.69) is 42.3 Å². The third kappa shape index (κ3) is 4.87. The number of amides is 1. The zero-order valence-electron chi connectivity index (χ0n) is 17.4. The number of carbonyl (C=O) groups is 1. The van der Waals surface area contributed by atoms with Crippen molar-refractivity contribution in [2.45, 2.75) is 13.8 Å². The Hall–Kier alpha value is -3.17. The second-order valence-corrected chi connectivity index (χ2v) is 7.61. The molecule has 0 bridgehead atoms. The molecule has 0 spiro atoms. The molecular formula is C23H25ClN4O2. The SMILES string of the molecule is COc1ccc(NC(=O)/C(C#N)=C\N2CCN(c3cccc(C)c3C)CC2)cc1Cl. The van der Waals surface area contributed by atoms with Crippen LogP contribution in [0.2, 0.25) is 5.02 Å². The van der Waals surface area contributed by atoms with Crippen molar-refractivity contribution in [1.29, 1.82) is 5.26 Å². The number of hydrogen-bond donors (Lipinski definition) is 1. The molecule has 3 rings (SSSR count). The number of halogens is 1. The molecule has 1 N–H and O–H groups in total. The fourth-order valence-electron chi connectivity index (χ4n) is 3.43. The van der Waals surface area contributed by atoms with Crippen LogP contribution in [-0.2, 0) is 4.79 Å². The van der Waals surface area contributed by atoms with E-state index < -0.39 is 5.91 Å². The van der Waals surface area contributed by atoms with E-state index in [1.54, 1.807) is 24.4 Å². The predicted molar refractivity (Wildman–Crippen MR) is 120 cm³/mol. The molecule has 0 aliphatic carbocycles. The van der Waals surface area contributed by atoms with Crippen molar-refractivity contribution in [3.05, 3.63) is 64.3 Å². The van der Waals surface area contributed by atoms with Crippen LogP contribution < -0.4 is 15.0 Å². The second kappa shape index (κ2) is 9.55. The molecule has 0 radical (unpaired) electrons. The van der Waals surface area contributed by atoms with E-state index >= 15 is 0 Å². The van der Waals surface area contributed by atoms with E-state index in [4.69, 9.17) is 16.3 Å². The smallest absolute Gasteiger partial charge is 0.267 e. The third-order valence-corrected chi connectivity index (χ3v) is 5.61. The highest BCUT2D eigenvalue weighted by Gasteiger charge is 2.19. The molecule has 1 amide bonds. The van der Waals surface area contributed by atoms with Crippen molar-refractivity contribution in [1.82, 2.24) is 4.90 Å². The van der Waals surface area contributed by atoms with Gasteiger partial charge in [-0.05, 0) is 49.2 Å². The Balaban J connectivity index is 1.64. The van der Waals surface area contributed by atoms with Crippen LogP contribution in [0.25, 0.3) is 0 Å². The average molecular weight is 425 g/mol. The Morgan fingerprint density at radius 3 is 2.57 bits per heavy atom. The van der Waals surface area contributed by atoms with Crippen LogP contribution in [0.4, 0.5) is 11.4 Å². The van der Waals surface area contributed by atoms with Crippen LogP contribution in [-0.4, -0.2) is 44.1 Å². The van der Waals surface area contributed by atoms with Gasteiger partial charge in [0.25, 0.3) is 5.91 Å². The van der Waals surface area contributed by atoms with Crippen molar-refractivity contribution in [3.63, 3.8) is 0 Å². The first kappa shape index (κ1) is 21.5. The second-order valence-electron chi connectivity index (χ2n) is 7.20. The molecule has 7 heteroatoms. The number of hydrogen-bond acceptors (Lipinski definition) is 5. The van der Waals surface area contributed by atoms with Gasteiger partial charge in [-0.25, -0.2) is 0 Å². The maximum Gasteiger partial charge on any atom is 0.267 e. The van der Waals surface area contributed by atoms with E-state index in [0.29, 0.717) is 16.5 Å². The summed E-state index contributed by atoms with van der Waals surface area (Å²) in [5.74, 6) is 0.0584. The molecule has 1 aliphatic rings. The normalized spacial score (nSPS) is 14.3.